The molecule has 1 N–H and O–H groups in total. The highest BCUT2D eigenvalue weighted by Crippen LogP contribution is 2.36. The lowest BCUT2D eigenvalue weighted by atomic mass is 9.97. The molecule has 112 valence electrons. The van der Waals surface area contributed by atoms with Gasteiger partial charge in [0, 0.05) is 9.75 Å². The number of nitrogens with one attached hydrogen (secondary N) is 1. The molecular weight excluding hydrogens is 274 g/mol. The van der Waals surface area contributed by atoms with Gasteiger partial charge in [-0.05, 0) is 61.4 Å². The van der Waals surface area contributed by atoms with Crippen LogP contribution in [0.15, 0.2) is 30.3 Å². The van der Waals surface area contributed by atoms with E-state index in [1.165, 1.54) is 35.3 Å². The Morgan fingerprint density at radius 2 is 2.05 bits per heavy atom. The van der Waals surface area contributed by atoms with E-state index in [9.17, 15) is 0 Å². The van der Waals surface area contributed by atoms with Crippen LogP contribution in [0.25, 0.3) is 0 Å². The molecule has 2 heteroatoms. The zero-order chi connectivity index (χ0) is 14.8. The van der Waals surface area contributed by atoms with Crippen LogP contribution in [-0.2, 0) is 19.3 Å². The molecule has 0 bridgehead atoms. The maximum atomic E-state index is 3.51. The molecule has 3 rings (SSSR count). The number of hydrogen-bond acceptors (Lipinski definition) is 2. The summed E-state index contributed by atoms with van der Waals surface area (Å²) in [5.74, 6) is 0.707. The van der Waals surface area contributed by atoms with E-state index in [1.54, 1.807) is 10.4 Å². The van der Waals surface area contributed by atoms with Gasteiger partial charge in [0.05, 0.1) is 6.04 Å². The van der Waals surface area contributed by atoms with Crippen LogP contribution < -0.4 is 5.32 Å². The summed E-state index contributed by atoms with van der Waals surface area (Å²) < 4.78 is 0. The molecule has 0 radical (unpaired) electrons. The van der Waals surface area contributed by atoms with Gasteiger partial charge >= 0.3 is 0 Å². The zero-order valence-electron chi connectivity index (χ0n) is 13.3. The lowest BCUT2D eigenvalue weighted by Crippen LogP contribution is -2.16. The summed E-state index contributed by atoms with van der Waals surface area (Å²) >= 11 is 2.01. The van der Waals surface area contributed by atoms with Crippen LogP contribution in [0.5, 0.6) is 0 Å². The molecule has 1 heterocycles. The molecule has 0 spiro atoms. The Morgan fingerprint density at radius 3 is 2.76 bits per heavy atom. The first kappa shape index (κ1) is 14.8. The monoisotopic (exact) mass is 299 g/mol. The Morgan fingerprint density at radius 1 is 1.19 bits per heavy atom. The van der Waals surface area contributed by atoms with Crippen LogP contribution in [0, 0.1) is 5.92 Å². The number of rotatable bonds is 5. The SMILES string of the molecule is CNC(c1cccc(CC(C)C)c1)c1cc2c(s1)CCC2. The second kappa shape index (κ2) is 6.33. The van der Waals surface area contributed by atoms with Gasteiger partial charge in [-0.25, -0.2) is 0 Å². The number of benzene rings is 1. The molecule has 2 aromatic rings. The van der Waals surface area contributed by atoms with E-state index < -0.39 is 0 Å². The van der Waals surface area contributed by atoms with E-state index in [-0.39, 0.29) is 0 Å². The fourth-order valence-electron chi connectivity index (χ4n) is 3.34. The summed E-state index contributed by atoms with van der Waals surface area (Å²) in [6.07, 6.45) is 5.06. The number of fused-ring (bicyclic) bond motifs is 1. The van der Waals surface area contributed by atoms with Gasteiger partial charge in [-0.1, -0.05) is 38.1 Å². The third kappa shape index (κ3) is 3.22. The molecule has 1 aromatic carbocycles. The molecule has 1 nitrogen and oxygen atoms in total. The normalized spacial score (nSPS) is 15.4. The molecule has 0 aliphatic heterocycles. The molecule has 0 amide bonds. The summed E-state index contributed by atoms with van der Waals surface area (Å²) in [4.78, 5) is 3.09. The highest BCUT2D eigenvalue weighted by Gasteiger charge is 2.20. The molecule has 0 saturated carbocycles. The largest absolute Gasteiger partial charge is 0.309 e. The Hall–Kier alpha value is -1.12. The first-order valence-electron chi connectivity index (χ1n) is 8.05. The molecule has 0 fully saturated rings. The van der Waals surface area contributed by atoms with E-state index in [2.05, 4.69) is 56.5 Å². The van der Waals surface area contributed by atoms with Crippen molar-refractivity contribution >= 4 is 11.3 Å². The smallest absolute Gasteiger partial charge is 0.0668 e. The summed E-state index contributed by atoms with van der Waals surface area (Å²) in [5, 5.41) is 3.51. The fourth-order valence-corrected chi connectivity index (χ4v) is 4.73. The van der Waals surface area contributed by atoms with Gasteiger partial charge in [0.1, 0.15) is 0 Å². The minimum atomic E-state index is 0.340. The topological polar surface area (TPSA) is 12.0 Å². The summed E-state index contributed by atoms with van der Waals surface area (Å²) in [6, 6.07) is 11.9. The standard InChI is InChI=1S/C19H25NS/c1-13(2)10-14-6-4-8-16(11-14)19(20-3)18-12-15-7-5-9-17(15)21-18/h4,6,8,11-13,19-20H,5,7,9-10H2,1-3H3. The molecular formula is C19H25NS. The minimum Gasteiger partial charge on any atom is -0.309 e. The highest BCUT2D eigenvalue weighted by atomic mass is 32.1. The maximum Gasteiger partial charge on any atom is 0.0668 e. The van der Waals surface area contributed by atoms with E-state index in [4.69, 9.17) is 0 Å². The Labute approximate surface area is 132 Å². The van der Waals surface area contributed by atoms with Crippen molar-refractivity contribution in [1.82, 2.24) is 5.32 Å². The highest BCUT2D eigenvalue weighted by molar-refractivity contribution is 7.12. The summed E-state index contributed by atoms with van der Waals surface area (Å²) in [6.45, 7) is 4.57. The predicted molar refractivity (Wildman–Crippen MR) is 92.2 cm³/mol. The van der Waals surface area contributed by atoms with Gasteiger partial charge in [-0.2, -0.15) is 0 Å². The predicted octanol–water partition coefficient (Wildman–Crippen LogP) is 4.74. The van der Waals surface area contributed by atoms with Crippen molar-refractivity contribution in [3.63, 3.8) is 0 Å². The van der Waals surface area contributed by atoms with Gasteiger partial charge in [0.25, 0.3) is 0 Å². The summed E-state index contributed by atoms with van der Waals surface area (Å²) in [7, 11) is 2.07. The van der Waals surface area contributed by atoms with Crippen molar-refractivity contribution in [2.75, 3.05) is 7.05 Å². The molecule has 21 heavy (non-hydrogen) atoms. The average molecular weight is 299 g/mol. The van der Waals surface area contributed by atoms with Crippen molar-refractivity contribution in [2.24, 2.45) is 5.92 Å². The minimum absolute atomic E-state index is 0.340. The van der Waals surface area contributed by atoms with Crippen molar-refractivity contribution in [3.05, 3.63) is 56.8 Å². The van der Waals surface area contributed by atoms with Gasteiger partial charge in [-0.3, -0.25) is 0 Å². The van der Waals surface area contributed by atoms with E-state index in [0.717, 1.165) is 6.42 Å². The van der Waals surface area contributed by atoms with Crippen LogP contribution in [0.1, 0.15) is 52.8 Å². The first-order valence-corrected chi connectivity index (χ1v) is 8.86. The van der Waals surface area contributed by atoms with Gasteiger partial charge in [0.2, 0.25) is 0 Å². The van der Waals surface area contributed by atoms with E-state index >= 15 is 0 Å². The Balaban J connectivity index is 1.88. The van der Waals surface area contributed by atoms with Crippen molar-refractivity contribution in [3.8, 4) is 0 Å². The van der Waals surface area contributed by atoms with Crippen LogP contribution >= 0.6 is 11.3 Å². The Kier molecular flexibility index (Phi) is 4.46. The van der Waals surface area contributed by atoms with Gasteiger partial charge < -0.3 is 5.32 Å². The lowest BCUT2D eigenvalue weighted by Gasteiger charge is -2.17. The molecule has 1 atom stereocenters. The van der Waals surface area contributed by atoms with Crippen LogP contribution in [0.4, 0.5) is 0 Å². The zero-order valence-corrected chi connectivity index (χ0v) is 14.1. The molecule has 1 aliphatic rings. The molecule has 1 aliphatic carbocycles. The molecule has 1 unspecified atom stereocenters. The second-order valence-electron chi connectivity index (χ2n) is 6.52. The third-order valence-electron chi connectivity index (χ3n) is 4.27. The molecule has 1 aromatic heterocycles. The van der Waals surface area contributed by atoms with Gasteiger partial charge in [0.15, 0.2) is 0 Å². The van der Waals surface area contributed by atoms with E-state index in [0.29, 0.717) is 12.0 Å². The molecule has 0 saturated heterocycles. The maximum absolute atomic E-state index is 3.51. The van der Waals surface area contributed by atoms with Crippen LogP contribution in [0.3, 0.4) is 0 Å². The van der Waals surface area contributed by atoms with Crippen LogP contribution in [-0.4, -0.2) is 7.05 Å². The third-order valence-corrected chi connectivity index (χ3v) is 5.57. The van der Waals surface area contributed by atoms with Crippen LogP contribution in [0.2, 0.25) is 0 Å². The first-order chi connectivity index (χ1) is 10.2. The van der Waals surface area contributed by atoms with Crippen molar-refractivity contribution in [2.45, 2.75) is 45.6 Å². The fraction of sp³-hybridized carbons (Fsp3) is 0.474. The van der Waals surface area contributed by atoms with Gasteiger partial charge in [-0.15, -0.1) is 11.3 Å². The number of thiophene rings is 1. The summed E-state index contributed by atoms with van der Waals surface area (Å²) in [5.41, 5.74) is 4.44. The van der Waals surface area contributed by atoms with E-state index in [1.807, 2.05) is 11.3 Å². The number of hydrogen-bond donors (Lipinski definition) is 1. The second-order valence-corrected chi connectivity index (χ2v) is 7.68. The van der Waals surface area contributed by atoms with Crippen molar-refractivity contribution < 1.29 is 0 Å². The Bertz CT molecular complexity index is 590. The lowest BCUT2D eigenvalue weighted by molar-refractivity contribution is 0.644. The average Bonchev–Trinajstić information content (AvgIpc) is 3.00. The quantitative estimate of drug-likeness (QED) is 0.840. The van der Waals surface area contributed by atoms with Crippen molar-refractivity contribution in [1.29, 1.82) is 0 Å². The number of aryl methyl sites for hydroxylation is 2.